The summed E-state index contributed by atoms with van der Waals surface area (Å²) in [5, 5.41) is 10.7. The standard InChI is InChI=1S/C85H166O17P2/c1-7-9-11-13-15-17-19-21-23-25-27-29-31-33-35-37-39-41-43-50-57-63-69-84(89)101-80(73-95-82(87)67-61-55-49-42-40-38-36-34-32-30-28-26-24-22-20-18-16-14-12-10-8-2)75-99-103(91,92)97-71-79(86)72-98-104(93,94)100-76-81(74-96-83(88)68-62-56-52-46-48-54-60-66-78(5)6)102-85(90)70-64-58-51-45-44-47-53-59-65-77(3)4/h77-81,86H,7-76H2,1-6H3,(H,91,92)(H,93,94)/t79-,80-,81-/m1/s1. The third-order valence-electron chi connectivity index (χ3n) is 20.0. The average Bonchev–Trinajstić information content (AvgIpc) is 0.905. The lowest BCUT2D eigenvalue weighted by Crippen LogP contribution is -2.30. The lowest BCUT2D eigenvalue weighted by Gasteiger charge is -2.21. The molecule has 618 valence electrons. The van der Waals surface area contributed by atoms with Gasteiger partial charge in [0, 0.05) is 25.7 Å². The van der Waals surface area contributed by atoms with Crippen LogP contribution in [0.2, 0.25) is 0 Å². The van der Waals surface area contributed by atoms with Crippen molar-refractivity contribution >= 4 is 39.5 Å². The van der Waals surface area contributed by atoms with E-state index in [1.165, 1.54) is 263 Å². The Morgan fingerprint density at radius 1 is 0.260 bits per heavy atom. The van der Waals surface area contributed by atoms with Crippen LogP contribution in [0.5, 0.6) is 0 Å². The van der Waals surface area contributed by atoms with Gasteiger partial charge in [-0.05, 0) is 37.5 Å². The monoisotopic (exact) mass is 1520 g/mol. The molecule has 0 rings (SSSR count). The van der Waals surface area contributed by atoms with Gasteiger partial charge in [-0.1, -0.05) is 401 Å². The van der Waals surface area contributed by atoms with Crippen LogP contribution in [0.1, 0.15) is 452 Å². The summed E-state index contributed by atoms with van der Waals surface area (Å²) in [5.41, 5.74) is 0. The molecule has 104 heavy (non-hydrogen) atoms. The number of phosphoric acid groups is 2. The molecule has 3 N–H and O–H groups in total. The SMILES string of the molecule is CCCCCCCCCCCCCCCCCCCCCCCCC(=O)O[C@H](COC(=O)CCCCCCCCCCCCCCCCCCCCCCC)COP(=O)(O)OC[C@@H](O)COP(=O)(O)OC[C@@H](COC(=O)CCCCCCCCCC(C)C)OC(=O)CCCCCCCCCCC(C)C. The molecule has 0 radical (unpaired) electrons. The quantitative estimate of drug-likeness (QED) is 0.0222. The number of carbonyl (C=O) groups excluding carboxylic acids is 4. The zero-order chi connectivity index (χ0) is 76.4. The van der Waals surface area contributed by atoms with Crippen LogP contribution in [0.3, 0.4) is 0 Å². The molecule has 0 aromatic heterocycles. The van der Waals surface area contributed by atoms with Crippen LogP contribution in [0.25, 0.3) is 0 Å². The number of esters is 4. The smallest absolute Gasteiger partial charge is 0.462 e. The second kappa shape index (κ2) is 76.4. The highest BCUT2D eigenvalue weighted by Crippen LogP contribution is 2.45. The van der Waals surface area contributed by atoms with Gasteiger partial charge >= 0.3 is 39.5 Å². The molecule has 17 nitrogen and oxygen atoms in total. The Bertz CT molecular complexity index is 1990. The average molecular weight is 1520 g/mol. The zero-order valence-corrected chi connectivity index (χ0v) is 70.1. The molecule has 0 heterocycles. The third kappa shape index (κ3) is 78.2. The molecule has 0 bridgehead atoms. The summed E-state index contributed by atoms with van der Waals surface area (Å²) in [6, 6.07) is 0. The van der Waals surface area contributed by atoms with Gasteiger partial charge in [0.15, 0.2) is 12.2 Å². The normalized spacial score (nSPS) is 13.8. The Labute approximate surface area is 638 Å². The lowest BCUT2D eigenvalue weighted by molar-refractivity contribution is -0.161. The van der Waals surface area contributed by atoms with Gasteiger partial charge in [0.05, 0.1) is 26.4 Å². The Morgan fingerprint density at radius 2 is 0.442 bits per heavy atom. The third-order valence-corrected chi connectivity index (χ3v) is 21.9. The number of ether oxygens (including phenoxy) is 4. The van der Waals surface area contributed by atoms with E-state index in [1.807, 2.05) is 0 Å². The molecule has 0 saturated carbocycles. The van der Waals surface area contributed by atoms with Crippen LogP contribution in [0.4, 0.5) is 0 Å². The number of aliphatic hydroxyl groups excluding tert-OH is 1. The molecule has 0 aliphatic carbocycles. The number of hydrogen-bond donors (Lipinski definition) is 3. The van der Waals surface area contributed by atoms with Crippen LogP contribution >= 0.6 is 15.6 Å². The molecule has 0 aromatic carbocycles. The van der Waals surface area contributed by atoms with E-state index in [0.717, 1.165) is 102 Å². The minimum Gasteiger partial charge on any atom is -0.462 e. The number of hydrogen-bond acceptors (Lipinski definition) is 15. The molecule has 5 atom stereocenters. The van der Waals surface area contributed by atoms with Crippen molar-refractivity contribution in [2.75, 3.05) is 39.6 Å². The van der Waals surface area contributed by atoms with E-state index in [1.54, 1.807) is 0 Å². The maximum atomic E-state index is 13.1. The fraction of sp³-hybridized carbons (Fsp3) is 0.953. The number of unbranched alkanes of at least 4 members (excludes halogenated alkanes) is 54. The second-order valence-corrected chi connectivity index (χ2v) is 34.4. The summed E-state index contributed by atoms with van der Waals surface area (Å²) >= 11 is 0. The Hall–Kier alpha value is -1.94. The Balaban J connectivity index is 5.18. The fourth-order valence-corrected chi connectivity index (χ4v) is 14.8. The zero-order valence-electron chi connectivity index (χ0n) is 68.3. The first kappa shape index (κ1) is 102. The molecule has 0 fully saturated rings. The van der Waals surface area contributed by atoms with Crippen LogP contribution in [0, 0.1) is 11.8 Å². The first-order valence-electron chi connectivity index (χ1n) is 44.0. The van der Waals surface area contributed by atoms with E-state index in [-0.39, 0.29) is 25.7 Å². The van der Waals surface area contributed by atoms with Crippen molar-refractivity contribution in [3.05, 3.63) is 0 Å². The molecule has 19 heteroatoms. The van der Waals surface area contributed by atoms with Gasteiger partial charge in [0.25, 0.3) is 0 Å². The predicted octanol–water partition coefficient (Wildman–Crippen LogP) is 25.8. The van der Waals surface area contributed by atoms with E-state index >= 15 is 0 Å². The highest BCUT2D eigenvalue weighted by Gasteiger charge is 2.30. The summed E-state index contributed by atoms with van der Waals surface area (Å²) in [4.78, 5) is 73.1. The van der Waals surface area contributed by atoms with Crippen molar-refractivity contribution in [2.24, 2.45) is 11.8 Å². The van der Waals surface area contributed by atoms with Crippen molar-refractivity contribution in [2.45, 2.75) is 471 Å². The van der Waals surface area contributed by atoms with Gasteiger partial charge in [0.1, 0.15) is 19.3 Å². The van der Waals surface area contributed by atoms with Gasteiger partial charge in [-0.25, -0.2) is 9.13 Å². The molecule has 0 aliphatic heterocycles. The van der Waals surface area contributed by atoms with Crippen LogP contribution in [-0.2, 0) is 65.4 Å². The first-order valence-corrected chi connectivity index (χ1v) is 47.0. The molecular formula is C85H166O17P2. The molecule has 0 amide bonds. The van der Waals surface area contributed by atoms with Crippen molar-refractivity contribution in [1.82, 2.24) is 0 Å². The molecule has 0 aromatic rings. The summed E-state index contributed by atoms with van der Waals surface area (Å²) in [5.74, 6) is -0.687. The molecule has 0 spiro atoms. The van der Waals surface area contributed by atoms with E-state index < -0.39 is 97.5 Å². The number of carbonyl (C=O) groups is 4. The minimum atomic E-state index is -4.96. The maximum Gasteiger partial charge on any atom is 0.472 e. The number of phosphoric ester groups is 2. The first-order chi connectivity index (χ1) is 50.4. The lowest BCUT2D eigenvalue weighted by atomic mass is 10.0. The highest BCUT2D eigenvalue weighted by atomic mass is 31.2. The van der Waals surface area contributed by atoms with E-state index in [9.17, 15) is 43.2 Å². The van der Waals surface area contributed by atoms with Gasteiger partial charge in [-0.15, -0.1) is 0 Å². The van der Waals surface area contributed by atoms with E-state index in [4.69, 9.17) is 37.0 Å². The second-order valence-electron chi connectivity index (χ2n) is 31.5. The predicted molar refractivity (Wildman–Crippen MR) is 428 cm³/mol. The number of aliphatic hydroxyl groups is 1. The molecular weight excluding hydrogens is 1350 g/mol. The highest BCUT2D eigenvalue weighted by molar-refractivity contribution is 7.47. The minimum absolute atomic E-state index is 0.104. The number of rotatable bonds is 84. The van der Waals surface area contributed by atoms with Crippen molar-refractivity contribution < 1.29 is 80.2 Å². The summed E-state index contributed by atoms with van der Waals surface area (Å²) in [7, 11) is -9.92. The summed E-state index contributed by atoms with van der Waals surface area (Å²) in [6.45, 7) is 9.54. The van der Waals surface area contributed by atoms with Crippen LogP contribution < -0.4 is 0 Å². The van der Waals surface area contributed by atoms with Crippen molar-refractivity contribution in [1.29, 1.82) is 0 Å². The Morgan fingerprint density at radius 3 is 0.654 bits per heavy atom. The molecule has 2 unspecified atom stereocenters. The van der Waals surface area contributed by atoms with Crippen molar-refractivity contribution in [3.8, 4) is 0 Å². The van der Waals surface area contributed by atoms with Gasteiger partial charge < -0.3 is 33.8 Å². The van der Waals surface area contributed by atoms with E-state index in [0.29, 0.717) is 31.6 Å². The summed E-state index contributed by atoms with van der Waals surface area (Å²) < 4.78 is 68.8. The summed E-state index contributed by atoms with van der Waals surface area (Å²) in [6.07, 6.45) is 68.5. The fourth-order valence-electron chi connectivity index (χ4n) is 13.2. The van der Waals surface area contributed by atoms with E-state index in [2.05, 4.69) is 41.5 Å². The van der Waals surface area contributed by atoms with Gasteiger partial charge in [0.2, 0.25) is 0 Å². The maximum absolute atomic E-state index is 13.1. The topological polar surface area (TPSA) is 237 Å². The van der Waals surface area contributed by atoms with Gasteiger partial charge in [-0.2, -0.15) is 0 Å². The molecule has 0 saturated heterocycles. The van der Waals surface area contributed by atoms with Crippen LogP contribution in [0.15, 0.2) is 0 Å². The Kier molecular flexibility index (Phi) is 75.0. The van der Waals surface area contributed by atoms with Crippen LogP contribution in [-0.4, -0.2) is 96.7 Å². The largest absolute Gasteiger partial charge is 0.472 e. The van der Waals surface area contributed by atoms with Crippen molar-refractivity contribution in [3.63, 3.8) is 0 Å². The van der Waals surface area contributed by atoms with Gasteiger partial charge in [-0.3, -0.25) is 37.3 Å². The molecule has 0 aliphatic rings.